The fraction of sp³-hybridized carbons (Fsp3) is 0.360. The van der Waals surface area contributed by atoms with Crippen LogP contribution in [0.5, 0.6) is 23.1 Å². The van der Waals surface area contributed by atoms with Crippen molar-refractivity contribution < 1.29 is 28.8 Å². The van der Waals surface area contributed by atoms with E-state index in [0.717, 1.165) is 34.7 Å². The first-order valence-corrected chi connectivity index (χ1v) is 11.7. The molecule has 0 unspecified atom stereocenters. The molecule has 174 valence electrons. The Kier molecular flexibility index (Phi) is 7.34. The van der Waals surface area contributed by atoms with Gasteiger partial charge in [0.25, 0.3) is 0 Å². The van der Waals surface area contributed by atoms with Crippen molar-refractivity contribution in [2.75, 3.05) is 27.4 Å². The summed E-state index contributed by atoms with van der Waals surface area (Å²) in [7, 11) is 3.22. The first-order valence-electron chi connectivity index (χ1n) is 10.9. The summed E-state index contributed by atoms with van der Waals surface area (Å²) in [6, 6.07) is 11.7. The van der Waals surface area contributed by atoms with Crippen LogP contribution in [0.3, 0.4) is 0 Å². The quantitative estimate of drug-likeness (QED) is 0.387. The largest absolute Gasteiger partial charge is 0.493 e. The van der Waals surface area contributed by atoms with Crippen LogP contribution in [0.15, 0.2) is 41.8 Å². The zero-order valence-corrected chi connectivity index (χ0v) is 19.5. The lowest BCUT2D eigenvalue weighted by Crippen LogP contribution is -2.06. The van der Waals surface area contributed by atoms with E-state index >= 15 is 0 Å². The number of ether oxygens (including phenoxy) is 4. The maximum absolute atomic E-state index is 11.0. The number of carboxylic acids is 1. The number of methoxy groups -OCH3 is 2. The lowest BCUT2D eigenvalue weighted by atomic mass is 9.98. The number of benzene rings is 2. The molecule has 1 aliphatic rings. The fourth-order valence-electron chi connectivity index (χ4n) is 4.03. The average Bonchev–Trinajstić information content (AvgIpc) is 3.46. The number of carboxylic acid groups (broad SMARTS) is 1. The summed E-state index contributed by atoms with van der Waals surface area (Å²) in [5.41, 5.74) is 3.27. The molecule has 3 aromatic rings. The first kappa shape index (κ1) is 22.9. The molecule has 1 heterocycles. The second kappa shape index (κ2) is 10.6. The van der Waals surface area contributed by atoms with E-state index in [0.29, 0.717) is 37.0 Å². The first-order chi connectivity index (χ1) is 16.1. The van der Waals surface area contributed by atoms with Gasteiger partial charge in [-0.15, -0.1) is 11.3 Å². The molecular formula is C25H27NO6S. The molecule has 0 spiro atoms. The van der Waals surface area contributed by atoms with Gasteiger partial charge >= 0.3 is 5.97 Å². The zero-order chi connectivity index (χ0) is 23.2. The topological polar surface area (TPSA) is 87.1 Å². The number of thiazole rings is 1. The van der Waals surface area contributed by atoms with Crippen LogP contribution < -0.4 is 18.9 Å². The highest BCUT2D eigenvalue weighted by Gasteiger charge is 2.24. The maximum Gasteiger partial charge on any atom is 0.303 e. The van der Waals surface area contributed by atoms with Gasteiger partial charge in [0.15, 0.2) is 11.5 Å². The molecule has 0 bridgehead atoms. The van der Waals surface area contributed by atoms with Crippen molar-refractivity contribution in [1.82, 2.24) is 4.98 Å². The van der Waals surface area contributed by atoms with E-state index < -0.39 is 5.97 Å². The maximum atomic E-state index is 11.0. The number of aliphatic carboxylic acids is 1. The van der Waals surface area contributed by atoms with E-state index in [9.17, 15) is 4.79 Å². The van der Waals surface area contributed by atoms with Gasteiger partial charge in [0.2, 0.25) is 5.88 Å². The van der Waals surface area contributed by atoms with Gasteiger partial charge in [0, 0.05) is 12.0 Å². The Hall–Kier alpha value is -3.26. The highest BCUT2D eigenvalue weighted by Crippen LogP contribution is 2.37. The van der Waals surface area contributed by atoms with Crippen molar-refractivity contribution in [2.24, 2.45) is 0 Å². The minimum Gasteiger partial charge on any atom is -0.493 e. The molecule has 7 nitrogen and oxygen atoms in total. The van der Waals surface area contributed by atoms with Crippen molar-refractivity contribution in [3.63, 3.8) is 0 Å². The molecule has 1 aliphatic carbocycles. The third kappa shape index (κ3) is 5.57. The van der Waals surface area contributed by atoms with Gasteiger partial charge in [0.05, 0.1) is 39.2 Å². The van der Waals surface area contributed by atoms with Crippen molar-refractivity contribution in [1.29, 1.82) is 0 Å². The number of hydrogen-bond acceptors (Lipinski definition) is 7. The third-order valence-corrected chi connectivity index (χ3v) is 6.52. The van der Waals surface area contributed by atoms with Crippen LogP contribution in [0.4, 0.5) is 0 Å². The molecule has 1 N–H and O–H groups in total. The van der Waals surface area contributed by atoms with Gasteiger partial charge in [-0.3, -0.25) is 4.79 Å². The second-order valence-electron chi connectivity index (χ2n) is 7.81. The van der Waals surface area contributed by atoms with Crippen LogP contribution in [0.2, 0.25) is 0 Å². The van der Waals surface area contributed by atoms with E-state index in [-0.39, 0.29) is 12.3 Å². The predicted molar refractivity (Wildman–Crippen MR) is 126 cm³/mol. The Balaban J connectivity index is 1.27. The number of carbonyl (C=O) groups is 1. The molecule has 0 amide bonds. The normalized spacial score (nSPS) is 14.5. The van der Waals surface area contributed by atoms with Crippen LogP contribution in [0.1, 0.15) is 36.3 Å². The van der Waals surface area contributed by atoms with E-state index in [1.54, 1.807) is 14.2 Å². The monoisotopic (exact) mass is 469 g/mol. The van der Waals surface area contributed by atoms with Crippen LogP contribution in [-0.4, -0.2) is 43.5 Å². The molecule has 0 saturated heterocycles. The summed E-state index contributed by atoms with van der Waals surface area (Å²) in [5.74, 6) is 2.09. The molecule has 0 radical (unpaired) electrons. The van der Waals surface area contributed by atoms with Crippen molar-refractivity contribution in [3.8, 4) is 33.7 Å². The smallest absolute Gasteiger partial charge is 0.303 e. The Labute approximate surface area is 196 Å². The molecule has 1 aromatic heterocycles. The van der Waals surface area contributed by atoms with Gasteiger partial charge in [-0.2, -0.15) is 0 Å². The molecule has 0 saturated carbocycles. The number of hydrogen-bond donors (Lipinski definition) is 1. The van der Waals surface area contributed by atoms with Crippen molar-refractivity contribution in [2.45, 2.75) is 31.6 Å². The van der Waals surface area contributed by atoms with Gasteiger partial charge in [-0.05, 0) is 60.2 Å². The summed E-state index contributed by atoms with van der Waals surface area (Å²) >= 11 is 1.51. The van der Waals surface area contributed by atoms with Gasteiger partial charge in [-0.1, -0.05) is 6.07 Å². The zero-order valence-electron chi connectivity index (χ0n) is 18.7. The van der Waals surface area contributed by atoms with Crippen LogP contribution in [0, 0.1) is 0 Å². The summed E-state index contributed by atoms with van der Waals surface area (Å²) < 4.78 is 22.4. The molecule has 1 atom stereocenters. The summed E-state index contributed by atoms with van der Waals surface area (Å²) in [4.78, 5) is 15.4. The summed E-state index contributed by atoms with van der Waals surface area (Å²) in [6.45, 7) is 1.02. The van der Waals surface area contributed by atoms with Crippen molar-refractivity contribution >= 4 is 17.3 Å². The summed E-state index contributed by atoms with van der Waals surface area (Å²) in [5, 5.41) is 11.8. The molecule has 0 aliphatic heterocycles. The average molecular weight is 470 g/mol. The lowest BCUT2D eigenvalue weighted by Gasteiger charge is -2.13. The number of aryl methyl sites for hydroxylation is 1. The van der Waals surface area contributed by atoms with Gasteiger partial charge < -0.3 is 24.1 Å². The Morgan fingerprint density at radius 3 is 2.70 bits per heavy atom. The van der Waals surface area contributed by atoms with Gasteiger partial charge in [0.1, 0.15) is 10.8 Å². The van der Waals surface area contributed by atoms with E-state index in [1.807, 2.05) is 41.8 Å². The Morgan fingerprint density at radius 1 is 1.09 bits per heavy atom. The van der Waals surface area contributed by atoms with E-state index in [4.69, 9.17) is 24.1 Å². The number of nitrogens with zero attached hydrogens (tertiary/aromatic N) is 1. The number of aromatic nitrogens is 1. The Morgan fingerprint density at radius 2 is 1.94 bits per heavy atom. The minimum atomic E-state index is -0.747. The molecule has 0 fully saturated rings. The standard InChI is InChI=1S/C25H27NO6S/c1-29-22-13-18(25-26-23(30-2)15-33-25)6-9-21(22)32-11-3-10-31-19-7-8-20-16(12-19)4-5-17(20)14-24(27)28/h6-9,12-13,15,17H,3-5,10-11,14H2,1-2H3,(H,27,28)/t17-/m0/s1. The van der Waals surface area contributed by atoms with Crippen LogP contribution >= 0.6 is 11.3 Å². The van der Waals surface area contributed by atoms with Crippen LogP contribution in [0.25, 0.3) is 10.6 Å². The third-order valence-electron chi connectivity index (χ3n) is 5.66. The summed E-state index contributed by atoms with van der Waals surface area (Å²) in [6.07, 6.45) is 2.69. The molecular weight excluding hydrogens is 442 g/mol. The van der Waals surface area contributed by atoms with Crippen LogP contribution in [-0.2, 0) is 11.2 Å². The highest BCUT2D eigenvalue weighted by molar-refractivity contribution is 7.13. The van der Waals surface area contributed by atoms with E-state index in [2.05, 4.69) is 4.98 Å². The number of rotatable bonds is 11. The lowest BCUT2D eigenvalue weighted by molar-refractivity contribution is -0.137. The second-order valence-corrected chi connectivity index (χ2v) is 8.66. The van der Waals surface area contributed by atoms with E-state index in [1.165, 1.54) is 16.9 Å². The molecule has 33 heavy (non-hydrogen) atoms. The number of fused-ring (bicyclic) bond motifs is 1. The minimum absolute atomic E-state index is 0.110. The molecule has 4 rings (SSSR count). The van der Waals surface area contributed by atoms with Gasteiger partial charge in [-0.25, -0.2) is 4.98 Å². The Bertz CT molecular complexity index is 1110. The SMILES string of the molecule is COc1csc(-c2ccc(OCCCOc3ccc4c(c3)CC[C@H]4CC(=O)O)c(OC)c2)n1. The highest BCUT2D eigenvalue weighted by atomic mass is 32.1. The van der Waals surface area contributed by atoms with Crippen molar-refractivity contribution in [3.05, 3.63) is 52.9 Å². The molecule has 2 aromatic carbocycles. The molecule has 8 heteroatoms. The fourth-order valence-corrected chi connectivity index (χ4v) is 4.80. The predicted octanol–water partition coefficient (Wildman–Crippen LogP) is 5.18.